The van der Waals surface area contributed by atoms with Gasteiger partial charge >= 0.3 is 11.9 Å². The van der Waals surface area contributed by atoms with Gasteiger partial charge in [0.15, 0.2) is 5.13 Å². The third-order valence-corrected chi connectivity index (χ3v) is 7.60. The number of Topliss-reactive ketones (excluding diaryl/α,β-unsaturated/α-hetero) is 1. The number of aromatic nitrogens is 1. The normalized spacial score (nSPS) is 19.6. The minimum Gasteiger partial charge on any atom is -0.507 e. The van der Waals surface area contributed by atoms with Gasteiger partial charge in [-0.3, -0.25) is 24.6 Å². The molecule has 3 heterocycles. The number of hydrogen-bond acceptors (Lipinski definition) is 10. The zero-order chi connectivity index (χ0) is 28.0. The summed E-state index contributed by atoms with van der Waals surface area (Å²) in [4.78, 5) is 55.8. The summed E-state index contributed by atoms with van der Waals surface area (Å²) < 4.78 is 10.8. The van der Waals surface area contributed by atoms with Gasteiger partial charge in [0.05, 0.1) is 28.8 Å². The molecule has 1 fully saturated rings. The van der Waals surface area contributed by atoms with E-state index in [9.17, 15) is 29.6 Å². The number of nitro benzene ring substituents is 1. The van der Waals surface area contributed by atoms with Crippen molar-refractivity contribution >= 4 is 45.6 Å². The lowest BCUT2D eigenvalue weighted by Gasteiger charge is -2.23. The van der Waals surface area contributed by atoms with Crippen LogP contribution in [0, 0.1) is 17.0 Å². The first-order valence-electron chi connectivity index (χ1n) is 12.1. The summed E-state index contributed by atoms with van der Waals surface area (Å²) in [7, 11) is 0. The first-order valence-corrected chi connectivity index (χ1v) is 12.9. The van der Waals surface area contributed by atoms with Gasteiger partial charge in [0, 0.05) is 24.1 Å². The van der Waals surface area contributed by atoms with Gasteiger partial charge in [-0.2, -0.15) is 0 Å². The lowest BCUT2D eigenvalue weighted by atomic mass is 9.94. The number of nitro groups is 1. The number of amides is 1. The molecule has 0 saturated carbocycles. The monoisotopic (exact) mass is 549 g/mol. The van der Waals surface area contributed by atoms with Gasteiger partial charge < -0.3 is 14.6 Å². The van der Waals surface area contributed by atoms with Crippen LogP contribution in [0.3, 0.4) is 0 Å². The predicted octanol–water partition coefficient (Wildman–Crippen LogP) is 4.49. The summed E-state index contributed by atoms with van der Waals surface area (Å²) in [6.07, 6.45) is 0.559. The molecule has 0 radical (unpaired) electrons. The van der Waals surface area contributed by atoms with Gasteiger partial charge in [0.2, 0.25) is 0 Å². The third kappa shape index (κ3) is 4.52. The number of rotatable bonds is 6. The van der Waals surface area contributed by atoms with Crippen LogP contribution in [0.1, 0.15) is 51.9 Å². The first kappa shape index (κ1) is 26.0. The maximum Gasteiger partial charge on any atom is 0.350 e. The van der Waals surface area contributed by atoms with E-state index in [0.717, 1.165) is 21.8 Å². The Bertz CT molecular complexity index is 1580. The molecule has 0 aliphatic carbocycles. The second kappa shape index (κ2) is 9.95. The van der Waals surface area contributed by atoms with Gasteiger partial charge in [-0.25, -0.2) is 9.78 Å². The van der Waals surface area contributed by atoms with Crippen LogP contribution >= 0.6 is 11.3 Å². The highest BCUT2D eigenvalue weighted by molar-refractivity contribution is 7.17. The number of esters is 1. The van der Waals surface area contributed by atoms with Crippen LogP contribution < -0.4 is 9.64 Å². The summed E-state index contributed by atoms with van der Waals surface area (Å²) in [5, 5.41) is 23.0. The van der Waals surface area contributed by atoms with E-state index >= 15 is 0 Å². The van der Waals surface area contributed by atoms with E-state index in [0.29, 0.717) is 23.4 Å². The number of carbonyl (C=O) groups is 3. The van der Waals surface area contributed by atoms with E-state index in [1.54, 1.807) is 32.0 Å². The van der Waals surface area contributed by atoms with E-state index in [1.165, 1.54) is 24.3 Å². The number of ether oxygens (including phenoxy) is 2. The SMILES string of the molecule is CCOC(=O)c1sc(N2C(=O)C(=O)/C(=C(/O)c3ccc4c(c3)CC(C)O4)C2c2cccc([N+](=O)[O-])c2)nc1C. The van der Waals surface area contributed by atoms with E-state index in [1.807, 2.05) is 6.92 Å². The number of fused-ring (bicyclic) bond motifs is 1. The molecule has 200 valence electrons. The molecule has 2 atom stereocenters. The van der Waals surface area contributed by atoms with E-state index < -0.39 is 34.4 Å². The van der Waals surface area contributed by atoms with E-state index in [-0.39, 0.29) is 39.5 Å². The summed E-state index contributed by atoms with van der Waals surface area (Å²) in [5.74, 6) is -2.38. The smallest absolute Gasteiger partial charge is 0.350 e. The van der Waals surface area contributed by atoms with Crippen molar-refractivity contribution in [2.75, 3.05) is 11.5 Å². The Kier molecular flexibility index (Phi) is 6.64. The van der Waals surface area contributed by atoms with Crippen molar-refractivity contribution < 1.29 is 33.9 Å². The maximum absolute atomic E-state index is 13.4. The second-order valence-electron chi connectivity index (χ2n) is 9.11. The van der Waals surface area contributed by atoms with E-state index in [2.05, 4.69) is 4.98 Å². The zero-order valence-electron chi connectivity index (χ0n) is 21.2. The van der Waals surface area contributed by atoms with Crippen LogP contribution in [-0.2, 0) is 20.7 Å². The summed E-state index contributed by atoms with van der Waals surface area (Å²) in [6, 6.07) is 9.19. The Morgan fingerprint density at radius 1 is 1.28 bits per heavy atom. The fourth-order valence-corrected chi connectivity index (χ4v) is 5.74. The van der Waals surface area contributed by atoms with Crippen molar-refractivity contribution in [3.05, 3.63) is 85.4 Å². The molecule has 0 bridgehead atoms. The molecule has 2 aliphatic rings. The highest BCUT2D eigenvalue weighted by Crippen LogP contribution is 2.45. The Hall–Kier alpha value is -4.58. The summed E-state index contributed by atoms with van der Waals surface area (Å²) in [6.45, 7) is 5.27. The number of hydrogen-bond donors (Lipinski definition) is 1. The number of thiazole rings is 1. The predicted molar refractivity (Wildman–Crippen MR) is 141 cm³/mol. The number of aliphatic hydroxyl groups is 1. The molecule has 39 heavy (non-hydrogen) atoms. The van der Waals surface area contributed by atoms with Crippen LogP contribution in [0.15, 0.2) is 48.0 Å². The molecule has 12 heteroatoms. The van der Waals surface area contributed by atoms with Crippen molar-refractivity contribution in [3.63, 3.8) is 0 Å². The molecule has 1 amide bonds. The first-order chi connectivity index (χ1) is 18.6. The highest BCUT2D eigenvalue weighted by atomic mass is 32.1. The standard InChI is InChI=1S/C27H23N3O8S/c1-4-37-26(34)24-14(3)28-27(39-24)29-21(15-6-5-7-18(12-15)30(35)36)20(23(32)25(29)33)22(31)16-8-9-19-17(11-16)10-13(2)38-19/h5-9,11-13,21,31H,4,10H2,1-3H3/b22-20+. The van der Waals surface area contributed by atoms with E-state index in [4.69, 9.17) is 9.47 Å². The summed E-state index contributed by atoms with van der Waals surface area (Å²) in [5.41, 5.74) is 1.13. The third-order valence-electron chi connectivity index (χ3n) is 6.46. The molecule has 5 rings (SSSR count). The maximum atomic E-state index is 13.4. The van der Waals surface area contributed by atoms with Crippen LogP contribution in [0.25, 0.3) is 5.76 Å². The number of ketones is 1. The molecule has 2 aromatic carbocycles. The minimum absolute atomic E-state index is 0.0180. The molecule has 1 saturated heterocycles. The summed E-state index contributed by atoms with van der Waals surface area (Å²) >= 11 is 0.858. The van der Waals surface area contributed by atoms with Gasteiger partial charge in [0.1, 0.15) is 22.5 Å². The number of non-ortho nitro benzene ring substituents is 1. The minimum atomic E-state index is -1.24. The molecular weight excluding hydrogens is 526 g/mol. The molecule has 11 nitrogen and oxygen atoms in total. The van der Waals surface area contributed by atoms with Gasteiger partial charge in [-0.1, -0.05) is 23.5 Å². The van der Waals surface area contributed by atoms with Crippen molar-refractivity contribution in [1.29, 1.82) is 0 Å². The topological polar surface area (TPSA) is 149 Å². The van der Waals surface area contributed by atoms with Crippen LogP contribution in [0.5, 0.6) is 5.75 Å². The highest BCUT2D eigenvalue weighted by Gasteiger charge is 2.49. The van der Waals surface area contributed by atoms with Crippen molar-refractivity contribution in [3.8, 4) is 5.75 Å². The number of benzene rings is 2. The van der Waals surface area contributed by atoms with Gasteiger partial charge in [-0.15, -0.1) is 0 Å². The molecule has 2 aliphatic heterocycles. The molecule has 3 aromatic rings. The molecule has 1 N–H and O–H groups in total. The molecule has 2 unspecified atom stereocenters. The number of aliphatic hydroxyl groups excluding tert-OH is 1. The number of carbonyl (C=O) groups excluding carboxylic acids is 3. The van der Waals surface area contributed by atoms with Crippen molar-refractivity contribution in [1.82, 2.24) is 4.98 Å². The van der Waals surface area contributed by atoms with Crippen molar-refractivity contribution in [2.24, 2.45) is 0 Å². The average Bonchev–Trinajstić information content (AvgIpc) is 3.55. The molecule has 1 aromatic heterocycles. The zero-order valence-corrected chi connectivity index (χ0v) is 22.0. The number of nitrogens with zero attached hydrogens (tertiary/aromatic N) is 3. The van der Waals surface area contributed by atoms with Crippen LogP contribution in [-0.4, -0.2) is 45.4 Å². The second-order valence-corrected chi connectivity index (χ2v) is 10.1. The van der Waals surface area contributed by atoms with Crippen LogP contribution in [0.4, 0.5) is 10.8 Å². The van der Waals surface area contributed by atoms with Gasteiger partial charge in [-0.05, 0) is 50.1 Å². The Morgan fingerprint density at radius 3 is 2.77 bits per heavy atom. The Morgan fingerprint density at radius 2 is 2.05 bits per heavy atom. The van der Waals surface area contributed by atoms with Crippen molar-refractivity contribution in [2.45, 2.75) is 39.3 Å². The Balaban J connectivity index is 1.69. The number of aryl methyl sites for hydroxylation is 1. The van der Waals surface area contributed by atoms with Gasteiger partial charge in [0.25, 0.3) is 11.5 Å². The molecule has 0 spiro atoms. The lowest BCUT2D eigenvalue weighted by molar-refractivity contribution is -0.384. The fraction of sp³-hybridized carbons (Fsp3) is 0.259. The molecular formula is C27H23N3O8S. The average molecular weight is 550 g/mol. The van der Waals surface area contributed by atoms with Crippen LogP contribution in [0.2, 0.25) is 0 Å². The Labute approximate surface area is 226 Å². The lowest BCUT2D eigenvalue weighted by Crippen LogP contribution is -2.29. The largest absolute Gasteiger partial charge is 0.507 e. The number of anilines is 1. The fourth-order valence-electron chi connectivity index (χ4n) is 4.75. The quantitative estimate of drug-likeness (QED) is 0.117.